The SMILES string of the molecule is COc1cc(Cl)ccc1OC[C@@H](C)NC(=O)c1[nH]c(=O)[nH]c(=O)c1N. The van der Waals surface area contributed by atoms with E-state index in [-0.39, 0.29) is 18.0 Å². The van der Waals surface area contributed by atoms with Crippen LogP contribution in [-0.2, 0) is 0 Å². The van der Waals surface area contributed by atoms with Crippen LogP contribution in [0.2, 0.25) is 5.02 Å². The number of nitrogens with two attached hydrogens (primary N) is 1. The molecule has 2 rings (SSSR count). The van der Waals surface area contributed by atoms with Crippen molar-refractivity contribution in [2.45, 2.75) is 13.0 Å². The van der Waals surface area contributed by atoms with Crippen molar-refractivity contribution in [3.8, 4) is 11.5 Å². The standard InChI is InChI=1S/C15H17ClN4O5/c1-7(6-25-9-4-3-8(16)5-10(9)24-2)18-14(22)12-11(17)13(21)20-15(23)19-12/h3-5,7H,6,17H2,1-2H3,(H,18,22)(H2,19,20,21,23)/t7-/m1/s1. The van der Waals surface area contributed by atoms with Gasteiger partial charge in [0.15, 0.2) is 11.5 Å². The van der Waals surface area contributed by atoms with Crippen molar-refractivity contribution in [1.82, 2.24) is 15.3 Å². The molecule has 0 bridgehead atoms. The van der Waals surface area contributed by atoms with E-state index in [1.807, 2.05) is 4.98 Å². The maximum atomic E-state index is 12.1. The predicted molar refractivity (Wildman–Crippen MR) is 92.5 cm³/mol. The highest BCUT2D eigenvalue weighted by Gasteiger charge is 2.17. The van der Waals surface area contributed by atoms with Crippen LogP contribution in [0.4, 0.5) is 5.69 Å². The van der Waals surface area contributed by atoms with E-state index in [0.717, 1.165) is 0 Å². The first-order chi connectivity index (χ1) is 11.8. The van der Waals surface area contributed by atoms with Gasteiger partial charge in [-0.1, -0.05) is 11.6 Å². The average molecular weight is 369 g/mol. The van der Waals surface area contributed by atoms with Gasteiger partial charge in [-0.05, 0) is 19.1 Å². The average Bonchev–Trinajstić information content (AvgIpc) is 2.56. The molecular weight excluding hydrogens is 352 g/mol. The number of H-pyrrole nitrogens is 2. The lowest BCUT2D eigenvalue weighted by atomic mass is 10.3. The monoisotopic (exact) mass is 368 g/mol. The van der Waals surface area contributed by atoms with Crippen LogP contribution in [-0.4, -0.2) is 35.6 Å². The van der Waals surface area contributed by atoms with Gasteiger partial charge in [0.25, 0.3) is 11.5 Å². The molecule has 0 saturated carbocycles. The van der Waals surface area contributed by atoms with Crippen LogP contribution >= 0.6 is 11.6 Å². The molecule has 0 radical (unpaired) electrons. The van der Waals surface area contributed by atoms with Crippen LogP contribution in [0.1, 0.15) is 17.4 Å². The topological polar surface area (TPSA) is 139 Å². The molecule has 1 amide bonds. The highest BCUT2D eigenvalue weighted by Crippen LogP contribution is 2.29. The highest BCUT2D eigenvalue weighted by atomic mass is 35.5. The first-order valence-corrected chi connectivity index (χ1v) is 7.59. The summed E-state index contributed by atoms with van der Waals surface area (Å²) in [7, 11) is 1.48. The van der Waals surface area contributed by atoms with E-state index in [2.05, 4.69) is 10.3 Å². The van der Waals surface area contributed by atoms with Crippen molar-refractivity contribution < 1.29 is 14.3 Å². The van der Waals surface area contributed by atoms with Crippen LogP contribution in [0.15, 0.2) is 27.8 Å². The Kier molecular flexibility index (Phi) is 5.71. The van der Waals surface area contributed by atoms with Gasteiger partial charge in [0, 0.05) is 11.1 Å². The lowest BCUT2D eigenvalue weighted by molar-refractivity contribution is 0.0921. The number of anilines is 1. The third-order valence-electron chi connectivity index (χ3n) is 3.20. The van der Waals surface area contributed by atoms with Gasteiger partial charge >= 0.3 is 5.69 Å². The summed E-state index contributed by atoms with van der Waals surface area (Å²) in [4.78, 5) is 39.0. The molecule has 0 spiro atoms. The Hall–Kier alpha value is -2.94. The first kappa shape index (κ1) is 18.4. The molecule has 25 heavy (non-hydrogen) atoms. The van der Waals surface area contributed by atoms with Gasteiger partial charge < -0.3 is 25.5 Å². The summed E-state index contributed by atoms with van der Waals surface area (Å²) in [6.45, 7) is 1.79. The molecule has 1 heterocycles. The maximum absolute atomic E-state index is 12.1. The van der Waals surface area contributed by atoms with Crippen molar-refractivity contribution in [3.63, 3.8) is 0 Å². The number of halogens is 1. The number of hydrogen-bond donors (Lipinski definition) is 4. The molecule has 10 heteroatoms. The van der Waals surface area contributed by atoms with Crippen LogP contribution in [0.25, 0.3) is 0 Å². The van der Waals surface area contributed by atoms with Crippen LogP contribution < -0.4 is 31.8 Å². The molecule has 5 N–H and O–H groups in total. The van der Waals surface area contributed by atoms with Gasteiger partial charge in [-0.15, -0.1) is 0 Å². The zero-order chi connectivity index (χ0) is 18.6. The molecule has 0 aliphatic rings. The van der Waals surface area contributed by atoms with Gasteiger partial charge in [0.2, 0.25) is 0 Å². The van der Waals surface area contributed by atoms with Crippen molar-refractivity contribution >= 4 is 23.2 Å². The number of hydrogen-bond acceptors (Lipinski definition) is 6. The lowest BCUT2D eigenvalue weighted by Gasteiger charge is -2.16. The molecule has 134 valence electrons. The third-order valence-corrected chi connectivity index (χ3v) is 3.43. The van der Waals surface area contributed by atoms with E-state index in [1.165, 1.54) is 7.11 Å². The Morgan fingerprint density at radius 1 is 1.32 bits per heavy atom. The van der Waals surface area contributed by atoms with Crippen molar-refractivity contribution in [1.29, 1.82) is 0 Å². The predicted octanol–water partition coefficient (Wildman–Crippen LogP) is 0.505. The summed E-state index contributed by atoms with van der Waals surface area (Å²) in [5, 5.41) is 3.08. The minimum absolute atomic E-state index is 0.108. The largest absolute Gasteiger partial charge is 0.493 e. The molecule has 2 aromatic rings. The Bertz CT molecular complexity index is 892. The fourth-order valence-corrected chi connectivity index (χ4v) is 2.15. The normalized spacial score (nSPS) is 11.6. The summed E-state index contributed by atoms with van der Waals surface area (Å²) in [6, 6.07) is 4.43. The van der Waals surface area contributed by atoms with Crippen molar-refractivity contribution in [3.05, 3.63) is 49.8 Å². The molecule has 0 unspecified atom stereocenters. The van der Waals surface area contributed by atoms with E-state index in [4.69, 9.17) is 26.8 Å². The number of nitrogens with one attached hydrogen (secondary N) is 3. The van der Waals surface area contributed by atoms with Gasteiger partial charge in [-0.3, -0.25) is 14.6 Å². The fraction of sp³-hybridized carbons (Fsp3) is 0.267. The maximum Gasteiger partial charge on any atom is 0.326 e. The second-order valence-electron chi connectivity index (χ2n) is 5.18. The molecular formula is C15H17ClN4O5. The Labute approximate surface area is 147 Å². The Morgan fingerprint density at radius 2 is 2.04 bits per heavy atom. The number of carbonyl (C=O) groups excluding carboxylic acids is 1. The number of amides is 1. The number of carbonyl (C=O) groups is 1. The minimum Gasteiger partial charge on any atom is -0.493 e. The number of ether oxygens (including phenoxy) is 2. The summed E-state index contributed by atoms with van der Waals surface area (Å²) in [6.07, 6.45) is 0. The Balaban J connectivity index is 2.03. The highest BCUT2D eigenvalue weighted by molar-refractivity contribution is 6.30. The molecule has 0 saturated heterocycles. The first-order valence-electron chi connectivity index (χ1n) is 7.21. The molecule has 0 aliphatic carbocycles. The van der Waals surface area contributed by atoms with Gasteiger partial charge in [0.05, 0.1) is 13.2 Å². The third kappa shape index (κ3) is 4.54. The summed E-state index contributed by atoms with van der Waals surface area (Å²) in [5.74, 6) is 0.214. The van der Waals surface area contributed by atoms with E-state index >= 15 is 0 Å². The van der Waals surface area contributed by atoms with Crippen molar-refractivity contribution in [2.75, 3.05) is 19.5 Å². The van der Waals surface area contributed by atoms with E-state index in [9.17, 15) is 14.4 Å². The van der Waals surface area contributed by atoms with Crippen molar-refractivity contribution in [2.24, 2.45) is 0 Å². The molecule has 1 atom stereocenters. The van der Waals surface area contributed by atoms with E-state index in [1.54, 1.807) is 25.1 Å². The van der Waals surface area contributed by atoms with Crippen LogP contribution in [0, 0.1) is 0 Å². The number of methoxy groups -OCH3 is 1. The number of aromatic nitrogens is 2. The van der Waals surface area contributed by atoms with Crippen LogP contribution in [0.3, 0.4) is 0 Å². The summed E-state index contributed by atoms with van der Waals surface area (Å²) < 4.78 is 10.7. The second kappa shape index (κ2) is 7.75. The molecule has 1 aromatic carbocycles. The molecule has 1 aromatic heterocycles. The van der Waals surface area contributed by atoms with E-state index < -0.39 is 23.2 Å². The second-order valence-corrected chi connectivity index (χ2v) is 5.61. The minimum atomic E-state index is -0.830. The zero-order valence-electron chi connectivity index (χ0n) is 13.5. The summed E-state index contributed by atoms with van der Waals surface area (Å²) >= 11 is 5.87. The molecule has 0 fully saturated rings. The lowest BCUT2D eigenvalue weighted by Crippen LogP contribution is -2.40. The number of benzene rings is 1. The zero-order valence-corrected chi connectivity index (χ0v) is 14.3. The number of nitrogen functional groups attached to an aromatic ring is 1. The molecule has 0 aliphatic heterocycles. The number of aromatic amines is 2. The fourth-order valence-electron chi connectivity index (χ4n) is 1.99. The molecule has 9 nitrogen and oxygen atoms in total. The van der Waals surface area contributed by atoms with Gasteiger partial charge in [-0.25, -0.2) is 4.79 Å². The quantitative estimate of drug-likeness (QED) is 0.585. The smallest absolute Gasteiger partial charge is 0.326 e. The van der Waals surface area contributed by atoms with Crippen LogP contribution in [0.5, 0.6) is 11.5 Å². The van der Waals surface area contributed by atoms with E-state index in [0.29, 0.717) is 16.5 Å². The van der Waals surface area contributed by atoms with Gasteiger partial charge in [0.1, 0.15) is 18.0 Å². The number of rotatable bonds is 6. The Morgan fingerprint density at radius 3 is 2.72 bits per heavy atom. The van der Waals surface area contributed by atoms with Gasteiger partial charge in [-0.2, -0.15) is 0 Å². The summed E-state index contributed by atoms with van der Waals surface area (Å²) in [5.41, 5.74) is 3.19.